The van der Waals surface area contributed by atoms with Gasteiger partial charge in [0.15, 0.2) is 5.76 Å². The standard InChI is InChI=1S/C14H18N4O4S2/c1-10-16-11(9-23-10)8-17-4-6-18(7-5-17)14(19)12-2-3-13(22-12)24(15,20)21/h2-3,9H,4-8H2,1H3,(H2,15,20,21). The molecule has 1 aliphatic rings. The van der Waals surface area contributed by atoms with Crippen LogP contribution in [-0.4, -0.2) is 55.3 Å². The zero-order chi connectivity index (χ0) is 17.3. The van der Waals surface area contributed by atoms with E-state index in [4.69, 9.17) is 9.56 Å². The first-order valence-electron chi connectivity index (χ1n) is 7.38. The molecule has 10 heteroatoms. The Hall–Kier alpha value is -1.75. The summed E-state index contributed by atoms with van der Waals surface area (Å²) < 4.78 is 27.5. The van der Waals surface area contributed by atoms with Crippen LogP contribution >= 0.6 is 11.3 Å². The molecule has 2 N–H and O–H groups in total. The first-order valence-corrected chi connectivity index (χ1v) is 9.81. The number of thiazole rings is 1. The van der Waals surface area contributed by atoms with Crippen LogP contribution in [0, 0.1) is 6.92 Å². The van der Waals surface area contributed by atoms with E-state index in [0.29, 0.717) is 13.1 Å². The SMILES string of the molecule is Cc1nc(CN2CCN(C(=O)c3ccc(S(N)(=O)=O)o3)CC2)cs1. The van der Waals surface area contributed by atoms with Crippen LogP contribution in [0.15, 0.2) is 27.0 Å². The molecule has 130 valence electrons. The van der Waals surface area contributed by atoms with Crippen LogP contribution in [0.3, 0.4) is 0 Å². The lowest BCUT2D eigenvalue weighted by Gasteiger charge is -2.33. The van der Waals surface area contributed by atoms with Crippen molar-refractivity contribution in [1.29, 1.82) is 0 Å². The molecule has 0 aromatic carbocycles. The van der Waals surface area contributed by atoms with Gasteiger partial charge in [-0.05, 0) is 19.1 Å². The van der Waals surface area contributed by atoms with E-state index in [-0.39, 0.29) is 11.7 Å². The van der Waals surface area contributed by atoms with Crippen LogP contribution in [0.4, 0.5) is 0 Å². The number of piperazine rings is 1. The first kappa shape index (κ1) is 17.1. The Bertz CT molecular complexity index is 835. The van der Waals surface area contributed by atoms with Gasteiger partial charge in [-0.1, -0.05) is 0 Å². The number of sulfonamides is 1. The fraction of sp³-hybridized carbons (Fsp3) is 0.429. The second-order valence-corrected chi connectivity index (χ2v) is 8.14. The van der Waals surface area contributed by atoms with Crippen LogP contribution in [0.2, 0.25) is 0 Å². The quantitative estimate of drug-likeness (QED) is 0.846. The summed E-state index contributed by atoms with van der Waals surface area (Å²) in [6, 6.07) is 2.54. The largest absolute Gasteiger partial charge is 0.438 e. The van der Waals surface area contributed by atoms with Crippen molar-refractivity contribution in [2.24, 2.45) is 5.14 Å². The summed E-state index contributed by atoms with van der Waals surface area (Å²) in [6.07, 6.45) is 0. The van der Waals surface area contributed by atoms with Gasteiger partial charge in [-0.15, -0.1) is 11.3 Å². The Balaban J connectivity index is 1.58. The third-order valence-corrected chi connectivity index (χ3v) is 5.39. The highest BCUT2D eigenvalue weighted by atomic mass is 32.2. The van der Waals surface area contributed by atoms with Crippen LogP contribution in [-0.2, 0) is 16.6 Å². The van der Waals surface area contributed by atoms with Crippen LogP contribution in [0.25, 0.3) is 0 Å². The minimum Gasteiger partial charge on any atom is -0.438 e. The Kier molecular flexibility index (Phi) is 4.72. The number of hydrogen-bond donors (Lipinski definition) is 1. The normalized spacial score (nSPS) is 16.5. The maximum atomic E-state index is 12.4. The van der Waals surface area contributed by atoms with Crippen molar-refractivity contribution in [3.05, 3.63) is 34.0 Å². The molecule has 0 spiro atoms. The molecule has 1 aliphatic heterocycles. The van der Waals surface area contributed by atoms with E-state index in [1.54, 1.807) is 16.2 Å². The van der Waals surface area contributed by atoms with Crippen LogP contribution < -0.4 is 5.14 Å². The molecule has 0 aliphatic carbocycles. The summed E-state index contributed by atoms with van der Waals surface area (Å²) in [5.74, 6) is -0.336. The zero-order valence-corrected chi connectivity index (χ0v) is 14.8. The number of carbonyl (C=O) groups excluding carboxylic acids is 1. The molecule has 3 heterocycles. The average Bonchev–Trinajstić information content (AvgIpc) is 3.16. The number of furan rings is 1. The van der Waals surface area contributed by atoms with Gasteiger partial charge in [0.05, 0.1) is 10.7 Å². The third-order valence-electron chi connectivity index (χ3n) is 3.78. The van der Waals surface area contributed by atoms with Gasteiger partial charge in [-0.2, -0.15) is 0 Å². The van der Waals surface area contributed by atoms with Gasteiger partial charge in [0, 0.05) is 38.1 Å². The molecule has 1 fully saturated rings. The summed E-state index contributed by atoms with van der Waals surface area (Å²) in [7, 11) is -3.94. The number of rotatable bonds is 4. The predicted molar refractivity (Wildman–Crippen MR) is 88.1 cm³/mol. The van der Waals surface area contributed by atoms with Crippen molar-refractivity contribution >= 4 is 27.3 Å². The molecule has 0 bridgehead atoms. The highest BCUT2D eigenvalue weighted by Crippen LogP contribution is 2.16. The van der Waals surface area contributed by atoms with E-state index in [1.165, 1.54) is 12.1 Å². The van der Waals surface area contributed by atoms with Gasteiger partial charge >= 0.3 is 0 Å². The Morgan fingerprint density at radius 3 is 2.58 bits per heavy atom. The fourth-order valence-electron chi connectivity index (χ4n) is 2.56. The van der Waals surface area contributed by atoms with Crippen molar-refractivity contribution in [1.82, 2.24) is 14.8 Å². The predicted octanol–water partition coefficient (Wildman–Crippen LogP) is 0.650. The van der Waals surface area contributed by atoms with E-state index in [9.17, 15) is 13.2 Å². The van der Waals surface area contributed by atoms with E-state index < -0.39 is 15.1 Å². The van der Waals surface area contributed by atoms with Gasteiger partial charge in [-0.25, -0.2) is 18.5 Å². The van der Waals surface area contributed by atoms with Gasteiger partial charge in [0.25, 0.3) is 15.9 Å². The minimum atomic E-state index is -3.94. The lowest BCUT2D eigenvalue weighted by atomic mass is 10.2. The van der Waals surface area contributed by atoms with Crippen LogP contribution in [0.5, 0.6) is 0 Å². The van der Waals surface area contributed by atoms with E-state index >= 15 is 0 Å². The average molecular weight is 370 g/mol. The van der Waals surface area contributed by atoms with Crippen LogP contribution in [0.1, 0.15) is 21.3 Å². The molecule has 1 amide bonds. The van der Waals surface area contributed by atoms with Crippen molar-refractivity contribution in [2.45, 2.75) is 18.6 Å². The van der Waals surface area contributed by atoms with E-state index in [0.717, 1.165) is 30.3 Å². The molecule has 2 aromatic rings. The fourth-order valence-corrected chi connectivity index (χ4v) is 3.63. The maximum absolute atomic E-state index is 12.4. The molecular formula is C14H18N4O4S2. The molecule has 24 heavy (non-hydrogen) atoms. The summed E-state index contributed by atoms with van der Waals surface area (Å²) in [5, 5.41) is 7.67. The number of nitrogens with zero attached hydrogens (tertiary/aromatic N) is 3. The minimum absolute atomic E-state index is 0.0115. The Morgan fingerprint density at radius 2 is 2.04 bits per heavy atom. The zero-order valence-electron chi connectivity index (χ0n) is 13.1. The molecule has 0 saturated carbocycles. The molecule has 8 nitrogen and oxygen atoms in total. The maximum Gasteiger partial charge on any atom is 0.289 e. The van der Waals surface area contributed by atoms with Crippen molar-refractivity contribution < 1.29 is 17.6 Å². The summed E-state index contributed by atoms with van der Waals surface area (Å²) >= 11 is 1.63. The lowest BCUT2D eigenvalue weighted by Crippen LogP contribution is -2.48. The Morgan fingerprint density at radius 1 is 1.33 bits per heavy atom. The number of nitrogens with two attached hydrogens (primary N) is 1. The number of primary sulfonamides is 1. The number of carbonyl (C=O) groups is 1. The molecule has 0 radical (unpaired) electrons. The van der Waals surface area contributed by atoms with Crippen molar-refractivity contribution in [2.75, 3.05) is 26.2 Å². The lowest BCUT2D eigenvalue weighted by molar-refractivity contribution is 0.0591. The first-order chi connectivity index (χ1) is 11.3. The number of amides is 1. The molecule has 0 atom stereocenters. The molecule has 1 saturated heterocycles. The summed E-state index contributed by atoms with van der Waals surface area (Å²) in [4.78, 5) is 20.7. The monoisotopic (exact) mass is 370 g/mol. The van der Waals surface area contributed by atoms with Gasteiger partial charge in [0.2, 0.25) is 5.09 Å². The number of aryl methyl sites for hydroxylation is 1. The molecule has 2 aromatic heterocycles. The number of aromatic nitrogens is 1. The highest BCUT2D eigenvalue weighted by Gasteiger charge is 2.26. The second kappa shape index (κ2) is 6.63. The van der Waals surface area contributed by atoms with E-state index in [1.807, 2.05) is 12.3 Å². The summed E-state index contributed by atoms with van der Waals surface area (Å²) in [6.45, 7) is 5.30. The second-order valence-electron chi connectivity index (χ2n) is 5.59. The third kappa shape index (κ3) is 3.83. The van der Waals surface area contributed by atoms with Gasteiger partial charge < -0.3 is 9.32 Å². The van der Waals surface area contributed by atoms with Gasteiger partial charge in [-0.3, -0.25) is 9.69 Å². The highest BCUT2D eigenvalue weighted by molar-refractivity contribution is 7.89. The van der Waals surface area contributed by atoms with E-state index in [2.05, 4.69) is 9.88 Å². The van der Waals surface area contributed by atoms with Gasteiger partial charge in [0.1, 0.15) is 0 Å². The molecule has 0 unspecified atom stereocenters. The topological polar surface area (TPSA) is 110 Å². The van der Waals surface area contributed by atoms with Crippen molar-refractivity contribution in [3.8, 4) is 0 Å². The Labute approximate surface area is 143 Å². The summed E-state index contributed by atoms with van der Waals surface area (Å²) in [5.41, 5.74) is 1.04. The number of hydrogen-bond acceptors (Lipinski definition) is 7. The molecular weight excluding hydrogens is 352 g/mol. The molecule has 3 rings (SSSR count). The van der Waals surface area contributed by atoms with Crippen molar-refractivity contribution in [3.63, 3.8) is 0 Å². The smallest absolute Gasteiger partial charge is 0.289 e.